The predicted octanol–water partition coefficient (Wildman–Crippen LogP) is 4.14. The molecule has 4 heteroatoms. The van der Waals surface area contributed by atoms with Gasteiger partial charge in [-0.15, -0.1) is 0 Å². The fourth-order valence-corrected chi connectivity index (χ4v) is 2.75. The lowest BCUT2D eigenvalue weighted by Crippen LogP contribution is -2.33. The van der Waals surface area contributed by atoms with Crippen LogP contribution in [0.5, 0.6) is 0 Å². The second-order valence-electron chi connectivity index (χ2n) is 5.38. The number of nitrogens with zero attached hydrogens (tertiary/aromatic N) is 2. The fraction of sp³-hybridized carbons (Fsp3) is 0.278. The fourth-order valence-electron chi connectivity index (χ4n) is 2.56. The number of hydrogen-bond donors (Lipinski definition) is 0. The number of piperidine rings is 1. The Morgan fingerprint density at radius 2 is 2.00 bits per heavy atom. The summed E-state index contributed by atoms with van der Waals surface area (Å²) in [6, 6.07) is 10.8. The highest BCUT2D eigenvalue weighted by molar-refractivity contribution is 6.30. The van der Waals surface area contributed by atoms with Crippen LogP contribution in [-0.2, 0) is 0 Å². The molecule has 22 heavy (non-hydrogen) atoms. The summed E-state index contributed by atoms with van der Waals surface area (Å²) in [4.78, 5) is 6.31. The molecule has 0 saturated carbocycles. The van der Waals surface area contributed by atoms with Gasteiger partial charge in [0.1, 0.15) is 11.6 Å². The normalized spacial score (nSPS) is 15.3. The lowest BCUT2D eigenvalue weighted by atomic mass is 9.97. The van der Waals surface area contributed by atoms with Gasteiger partial charge in [0.2, 0.25) is 0 Å². The minimum Gasteiger partial charge on any atom is -0.357 e. The molecule has 0 unspecified atom stereocenters. The molecule has 0 radical (unpaired) electrons. The van der Waals surface area contributed by atoms with Crippen molar-refractivity contribution in [3.8, 4) is 11.8 Å². The van der Waals surface area contributed by atoms with Crippen molar-refractivity contribution in [1.29, 1.82) is 0 Å². The third-order valence-electron chi connectivity index (χ3n) is 3.78. The first-order valence-electron chi connectivity index (χ1n) is 7.34. The average molecular weight is 315 g/mol. The number of hydrogen-bond acceptors (Lipinski definition) is 2. The minimum atomic E-state index is -0.300. The van der Waals surface area contributed by atoms with Crippen molar-refractivity contribution in [2.24, 2.45) is 5.92 Å². The molecule has 2 heterocycles. The van der Waals surface area contributed by atoms with Crippen molar-refractivity contribution in [2.45, 2.75) is 12.8 Å². The molecule has 1 fully saturated rings. The number of rotatable bonds is 1. The molecular formula is C18H16ClFN2. The Morgan fingerprint density at radius 1 is 1.18 bits per heavy atom. The molecule has 1 saturated heterocycles. The average Bonchev–Trinajstić information content (AvgIpc) is 2.54. The van der Waals surface area contributed by atoms with E-state index in [1.807, 2.05) is 24.3 Å². The molecule has 0 spiro atoms. The van der Waals surface area contributed by atoms with E-state index in [1.165, 1.54) is 12.3 Å². The summed E-state index contributed by atoms with van der Waals surface area (Å²) >= 11 is 5.96. The number of anilines is 1. The van der Waals surface area contributed by atoms with Crippen LogP contribution in [0.2, 0.25) is 5.02 Å². The summed E-state index contributed by atoms with van der Waals surface area (Å²) in [5.74, 6) is 7.45. The Kier molecular flexibility index (Phi) is 4.60. The summed E-state index contributed by atoms with van der Waals surface area (Å²) in [5.41, 5.74) is 0.954. The molecule has 3 rings (SSSR count). The second-order valence-corrected chi connectivity index (χ2v) is 5.81. The maximum absolute atomic E-state index is 12.9. The third kappa shape index (κ3) is 3.78. The van der Waals surface area contributed by atoms with E-state index < -0.39 is 0 Å². The van der Waals surface area contributed by atoms with Crippen LogP contribution in [-0.4, -0.2) is 18.1 Å². The van der Waals surface area contributed by atoms with E-state index in [-0.39, 0.29) is 5.82 Å². The number of halogens is 2. The lowest BCUT2D eigenvalue weighted by molar-refractivity contribution is 0.488. The molecule has 1 aromatic carbocycles. The highest BCUT2D eigenvalue weighted by Crippen LogP contribution is 2.21. The van der Waals surface area contributed by atoms with Crippen molar-refractivity contribution in [2.75, 3.05) is 18.0 Å². The van der Waals surface area contributed by atoms with Crippen molar-refractivity contribution < 1.29 is 4.39 Å². The van der Waals surface area contributed by atoms with E-state index in [2.05, 4.69) is 21.7 Å². The molecule has 1 aliphatic rings. The maximum Gasteiger partial charge on any atom is 0.141 e. The van der Waals surface area contributed by atoms with Gasteiger partial charge in [-0.1, -0.05) is 29.5 Å². The first kappa shape index (κ1) is 14.9. The van der Waals surface area contributed by atoms with Crippen molar-refractivity contribution in [3.63, 3.8) is 0 Å². The highest BCUT2D eigenvalue weighted by Gasteiger charge is 2.18. The molecule has 2 nitrogen and oxygen atoms in total. The third-order valence-corrected chi connectivity index (χ3v) is 4.01. The van der Waals surface area contributed by atoms with Crippen LogP contribution in [0.3, 0.4) is 0 Å². The van der Waals surface area contributed by atoms with Crippen molar-refractivity contribution >= 4 is 17.4 Å². The van der Waals surface area contributed by atoms with Crippen molar-refractivity contribution in [3.05, 3.63) is 59.0 Å². The molecule has 0 N–H and O–H groups in total. The van der Waals surface area contributed by atoms with Gasteiger partial charge in [-0.25, -0.2) is 9.37 Å². The Labute approximate surface area is 134 Å². The monoisotopic (exact) mass is 314 g/mol. The topological polar surface area (TPSA) is 16.1 Å². The van der Waals surface area contributed by atoms with Gasteiger partial charge in [0.15, 0.2) is 0 Å². The van der Waals surface area contributed by atoms with Gasteiger partial charge in [0.25, 0.3) is 0 Å². The summed E-state index contributed by atoms with van der Waals surface area (Å²) in [5, 5.41) is 0.712. The molecule has 0 aliphatic carbocycles. The van der Waals surface area contributed by atoms with Gasteiger partial charge in [-0.2, -0.15) is 0 Å². The lowest BCUT2D eigenvalue weighted by Gasteiger charge is -2.30. The highest BCUT2D eigenvalue weighted by atomic mass is 35.5. The van der Waals surface area contributed by atoms with E-state index in [1.54, 1.807) is 6.07 Å². The smallest absolute Gasteiger partial charge is 0.141 e. The molecule has 0 amide bonds. The van der Waals surface area contributed by atoms with E-state index in [0.29, 0.717) is 10.9 Å². The standard InChI is InChI=1S/C18H16ClFN2/c19-16-3-1-2-15(12-16)5-4-14-8-10-22(11-9-14)18-7-6-17(20)13-21-18/h1-3,6-7,12-14H,8-11H2. The zero-order chi connectivity index (χ0) is 15.4. The Hall–Kier alpha value is -2.05. The number of benzene rings is 1. The van der Waals surface area contributed by atoms with Gasteiger partial charge in [0, 0.05) is 29.6 Å². The van der Waals surface area contributed by atoms with Crippen LogP contribution in [0.25, 0.3) is 0 Å². The van der Waals surface area contributed by atoms with Crippen LogP contribution in [0, 0.1) is 23.6 Å². The largest absolute Gasteiger partial charge is 0.357 e. The van der Waals surface area contributed by atoms with E-state index >= 15 is 0 Å². The predicted molar refractivity (Wildman–Crippen MR) is 87.5 cm³/mol. The zero-order valence-electron chi connectivity index (χ0n) is 12.1. The van der Waals surface area contributed by atoms with Gasteiger partial charge in [0.05, 0.1) is 6.20 Å². The first-order valence-corrected chi connectivity index (χ1v) is 7.72. The molecule has 112 valence electrons. The molecule has 2 aromatic rings. The van der Waals surface area contributed by atoms with Gasteiger partial charge >= 0.3 is 0 Å². The summed E-state index contributed by atoms with van der Waals surface area (Å²) < 4.78 is 12.9. The summed E-state index contributed by atoms with van der Waals surface area (Å²) in [7, 11) is 0. The summed E-state index contributed by atoms with van der Waals surface area (Å²) in [6.07, 6.45) is 3.25. The quantitative estimate of drug-likeness (QED) is 0.735. The van der Waals surface area contributed by atoms with Gasteiger partial charge < -0.3 is 4.90 Å². The van der Waals surface area contributed by atoms with Crippen LogP contribution in [0.4, 0.5) is 10.2 Å². The van der Waals surface area contributed by atoms with Gasteiger partial charge in [-0.3, -0.25) is 0 Å². The Morgan fingerprint density at radius 3 is 2.68 bits per heavy atom. The number of pyridine rings is 1. The summed E-state index contributed by atoms with van der Waals surface area (Å²) in [6.45, 7) is 1.79. The molecule has 0 bridgehead atoms. The Balaban J connectivity index is 1.59. The number of aromatic nitrogens is 1. The van der Waals surface area contributed by atoms with Crippen molar-refractivity contribution in [1.82, 2.24) is 4.98 Å². The zero-order valence-corrected chi connectivity index (χ0v) is 12.9. The minimum absolute atomic E-state index is 0.300. The second kappa shape index (κ2) is 6.81. The van der Waals surface area contributed by atoms with Crippen LogP contribution < -0.4 is 4.90 Å². The first-order chi connectivity index (χ1) is 10.7. The van der Waals surface area contributed by atoms with Gasteiger partial charge in [-0.05, 0) is 43.2 Å². The SMILES string of the molecule is Fc1ccc(N2CCC(C#Cc3cccc(Cl)c3)CC2)nc1. The van der Waals surface area contributed by atoms with Crippen LogP contribution in [0.1, 0.15) is 18.4 Å². The molecule has 1 aliphatic heterocycles. The maximum atomic E-state index is 12.9. The van der Waals surface area contributed by atoms with E-state index in [0.717, 1.165) is 37.3 Å². The Bertz CT molecular complexity index is 695. The molecule has 0 atom stereocenters. The van der Waals surface area contributed by atoms with E-state index in [4.69, 9.17) is 11.6 Å². The van der Waals surface area contributed by atoms with Crippen LogP contribution >= 0.6 is 11.6 Å². The van der Waals surface area contributed by atoms with E-state index in [9.17, 15) is 4.39 Å². The van der Waals surface area contributed by atoms with Crippen LogP contribution in [0.15, 0.2) is 42.6 Å². The molecule has 1 aromatic heterocycles. The molecular weight excluding hydrogens is 299 g/mol.